The molecule has 7 nitrogen and oxygen atoms in total. The molecule has 7 heteroatoms. The first-order valence-corrected chi connectivity index (χ1v) is 6.66. The van der Waals surface area contributed by atoms with Crippen LogP contribution in [0.25, 0.3) is 11.0 Å². The Kier molecular flexibility index (Phi) is 3.47. The van der Waals surface area contributed by atoms with Gasteiger partial charge in [0.1, 0.15) is 5.58 Å². The lowest BCUT2D eigenvalue weighted by molar-refractivity contribution is 0.0567. The van der Waals surface area contributed by atoms with Crippen LogP contribution in [0, 0.1) is 4.91 Å². The van der Waals surface area contributed by atoms with Crippen molar-refractivity contribution in [1.29, 1.82) is 0 Å². The fourth-order valence-electron chi connectivity index (χ4n) is 2.46. The van der Waals surface area contributed by atoms with Crippen LogP contribution < -0.4 is 4.90 Å². The maximum Gasteiger partial charge on any atom is 0.373 e. The van der Waals surface area contributed by atoms with Crippen LogP contribution in [0.15, 0.2) is 34.0 Å². The number of esters is 1. The van der Waals surface area contributed by atoms with Gasteiger partial charge in [0.25, 0.3) is 0 Å². The predicted molar refractivity (Wildman–Crippen MR) is 77.1 cm³/mol. The molecular formula is C14H15N3O4. The van der Waals surface area contributed by atoms with E-state index in [1.54, 1.807) is 6.07 Å². The van der Waals surface area contributed by atoms with Crippen LogP contribution in [0.4, 0.5) is 5.69 Å². The van der Waals surface area contributed by atoms with E-state index in [9.17, 15) is 9.70 Å². The van der Waals surface area contributed by atoms with Crippen molar-refractivity contribution in [3.05, 3.63) is 34.9 Å². The van der Waals surface area contributed by atoms with Gasteiger partial charge in [-0.2, -0.15) is 0 Å². The molecule has 3 rings (SSSR count). The van der Waals surface area contributed by atoms with E-state index >= 15 is 0 Å². The lowest BCUT2D eigenvalue weighted by Crippen LogP contribution is -2.43. The van der Waals surface area contributed by atoms with E-state index < -0.39 is 5.97 Å². The van der Waals surface area contributed by atoms with Gasteiger partial charge in [0.15, 0.2) is 0 Å². The monoisotopic (exact) mass is 289 g/mol. The molecule has 1 fully saturated rings. The second-order valence-electron chi connectivity index (χ2n) is 4.85. The predicted octanol–water partition coefficient (Wildman–Crippen LogP) is 2.02. The summed E-state index contributed by atoms with van der Waals surface area (Å²) in [5.41, 5.74) is 1.68. The molecule has 1 aromatic carbocycles. The Labute approximate surface area is 121 Å². The van der Waals surface area contributed by atoms with Crippen molar-refractivity contribution >= 4 is 22.6 Å². The summed E-state index contributed by atoms with van der Waals surface area (Å²) in [5.74, 6) is -0.293. The highest BCUT2D eigenvalue weighted by molar-refractivity contribution is 5.93. The lowest BCUT2D eigenvalue weighted by Gasteiger charge is -2.32. The van der Waals surface area contributed by atoms with E-state index in [1.807, 2.05) is 18.2 Å². The van der Waals surface area contributed by atoms with Gasteiger partial charge in [-0.05, 0) is 24.3 Å². The molecule has 0 radical (unpaired) electrons. The van der Waals surface area contributed by atoms with Crippen molar-refractivity contribution in [3.63, 3.8) is 0 Å². The molecule has 0 spiro atoms. The summed E-state index contributed by atoms with van der Waals surface area (Å²) in [6, 6.07) is 7.42. The van der Waals surface area contributed by atoms with Gasteiger partial charge in [-0.3, -0.25) is 5.01 Å². The van der Waals surface area contributed by atoms with Crippen LogP contribution in [0.5, 0.6) is 0 Å². The number of nitrogens with zero attached hydrogens (tertiary/aromatic N) is 3. The van der Waals surface area contributed by atoms with E-state index in [4.69, 9.17) is 4.42 Å². The number of hydrogen-bond acceptors (Lipinski definition) is 6. The van der Waals surface area contributed by atoms with Crippen LogP contribution in [-0.2, 0) is 4.74 Å². The fraction of sp³-hybridized carbons (Fsp3) is 0.357. The molecule has 2 aromatic rings. The number of benzene rings is 1. The van der Waals surface area contributed by atoms with Gasteiger partial charge in [0.05, 0.1) is 25.5 Å². The van der Waals surface area contributed by atoms with E-state index in [0.717, 1.165) is 24.2 Å². The molecular weight excluding hydrogens is 274 g/mol. The Balaban J connectivity index is 1.84. The quantitative estimate of drug-likeness (QED) is 0.635. The topological polar surface area (TPSA) is 75.3 Å². The molecule has 0 unspecified atom stereocenters. The van der Waals surface area contributed by atoms with E-state index in [0.29, 0.717) is 18.7 Å². The van der Waals surface area contributed by atoms with Crippen LogP contribution in [0.1, 0.15) is 10.6 Å². The van der Waals surface area contributed by atoms with Gasteiger partial charge >= 0.3 is 5.97 Å². The average Bonchev–Trinajstić information content (AvgIpc) is 2.97. The number of piperazine rings is 1. The third-order valence-electron chi connectivity index (χ3n) is 3.62. The summed E-state index contributed by atoms with van der Waals surface area (Å²) < 4.78 is 10.1. The van der Waals surface area contributed by atoms with Crippen LogP contribution in [-0.4, -0.2) is 44.3 Å². The molecule has 0 amide bonds. The second-order valence-corrected chi connectivity index (χ2v) is 4.85. The third-order valence-corrected chi connectivity index (χ3v) is 3.62. The third kappa shape index (κ3) is 2.54. The largest absolute Gasteiger partial charge is 0.463 e. The summed E-state index contributed by atoms with van der Waals surface area (Å²) in [6.45, 7) is 2.69. The Morgan fingerprint density at radius 2 is 2.00 bits per heavy atom. The number of furan rings is 1. The normalized spacial score (nSPS) is 15.3. The first-order chi connectivity index (χ1) is 10.2. The number of fused-ring (bicyclic) bond motifs is 1. The zero-order valence-corrected chi connectivity index (χ0v) is 11.6. The molecule has 0 saturated carbocycles. The van der Waals surface area contributed by atoms with Gasteiger partial charge in [-0.25, -0.2) is 4.79 Å². The molecule has 110 valence electrons. The van der Waals surface area contributed by atoms with Crippen molar-refractivity contribution in [3.8, 4) is 0 Å². The van der Waals surface area contributed by atoms with Crippen molar-refractivity contribution in [1.82, 2.24) is 5.01 Å². The van der Waals surface area contributed by atoms with Gasteiger partial charge in [-0.1, -0.05) is 0 Å². The molecule has 1 aliphatic rings. The molecule has 0 N–H and O–H groups in total. The van der Waals surface area contributed by atoms with Crippen molar-refractivity contribution < 1.29 is 13.9 Å². The molecule has 2 heterocycles. The highest BCUT2D eigenvalue weighted by Crippen LogP contribution is 2.26. The SMILES string of the molecule is COC(=O)c1cc2cc(N3CCN(N=O)CC3)ccc2o1. The Morgan fingerprint density at radius 3 is 2.67 bits per heavy atom. The maximum atomic E-state index is 11.5. The lowest BCUT2D eigenvalue weighted by atomic mass is 10.2. The Bertz CT molecular complexity index is 674. The standard InChI is InChI=1S/C14H15N3O4/c1-20-14(18)13-9-10-8-11(2-3-12(10)21-13)16-4-6-17(15-19)7-5-16/h2-3,8-9H,4-7H2,1H3. The molecule has 0 atom stereocenters. The fourth-order valence-corrected chi connectivity index (χ4v) is 2.46. The minimum atomic E-state index is -0.488. The number of carbonyl (C=O) groups is 1. The molecule has 21 heavy (non-hydrogen) atoms. The molecule has 1 aliphatic heterocycles. The number of rotatable bonds is 3. The van der Waals surface area contributed by atoms with E-state index in [2.05, 4.69) is 14.9 Å². The van der Waals surface area contributed by atoms with Crippen LogP contribution >= 0.6 is 0 Å². The Morgan fingerprint density at radius 1 is 1.24 bits per heavy atom. The summed E-state index contributed by atoms with van der Waals surface area (Å²) in [4.78, 5) is 24.1. The first-order valence-electron chi connectivity index (χ1n) is 6.66. The Hall–Kier alpha value is -2.57. The van der Waals surface area contributed by atoms with Gasteiger partial charge in [0.2, 0.25) is 5.76 Å². The number of ether oxygens (including phenoxy) is 1. The van der Waals surface area contributed by atoms with Crippen LogP contribution in [0.3, 0.4) is 0 Å². The highest BCUT2D eigenvalue weighted by Gasteiger charge is 2.18. The van der Waals surface area contributed by atoms with E-state index in [-0.39, 0.29) is 5.76 Å². The summed E-state index contributed by atoms with van der Waals surface area (Å²) >= 11 is 0. The number of hydrogen-bond donors (Lipinski definition) is 0. The molecule has 1 aromatic heterocycles. The smallest absolute Gasteiger partial charge is 0.373 e. The van der Waals surface area contributed by atoms with E-state index in [1.165, 1.54) is 12.1 Å². The van der Waals surface area contributed by atoms with Gasteiger partial charge in [0, 0.05) is 24.2 Å². The van der Waals surface area contributed by atoms with Crippen molar-refractivity contribution in [2.75, 3.05) is 38.2 Å². The number of methoxy groups -OCH3 is 1. The summed E-state index contributed by atoms with van der Waals surface area (Å²) in [5, 5.41) is 5.31. The van der Waals surface area contributed by atoms with Gasteiger partial charge < -0.3 is 14.1 Å². The van der Waals surface area contributed by atoms with Gasteiger partial charge in [-0.15, -0.1) is 4.91 Å². The highest BCUT2D eigenvalue weighted by atomic mass is 16.5. The summed E-state index contributed by atoms with van der Waals surface area (Å²) in [7, 11) is 1.32. The summed E-state index contributed by atoms with van der Waals surface area (Å²) in [6.07, 6.45) is 0. The number of anilines is 1. The van der Waals surface area contributed by atoms with Crippen molar-refractivity contribution in [2.24, 2.45) is 5.29 Å². The number of carbonyl (C=O) groups excluding carboxylic acids is 1. The van der Waals surface area contributed by atoms with Crippen LogP contribution in [0.2, 0.25) is 0 Å². The first kappa shape index (κ1) is 13.4. The molecule has 0 bridgehead atoms. The number of nitroso groups, excluding NO2 is 1. The average molecular weight is 289 g/mol. The minimum absolute atomic E-state index is 0.194. The molecule has 0 aliphatic carbocycles. The maximum absolute atomic E-state index is 11.5. The molecule has 1 saturated heterocycles. The minimum Gasteiger partial charge on any atom is -0.463 e. The van der Waals surface area contributed by atoms with Crippen molar-refractivity contribution in [2.45, 2.75) is 0 Å². The zero-order valence-electron chi connectivity index (χ0n) is 11.6. The zero-order chi connectivity index (χ0) is 14.8. The second kappa shape index (κ2) is 5.43.